The monoisotopic (exact) mass is 258 g/mol. The minimum absolute atomic E-state index is 0.554. The summed E-state index contributed by atoms with van der Waals surface area (Å²) in [7, 11) is 3.61. The van der Waals surface area contributed by atoms with Gasteiger partial charge in [-0.05, 0) is 24.1 Å². The van der Waals surface area contributed by atoms with E-state index in [4.69, 9.17) is 10.00 Å². The van der Waals surface area contributed by atoms with Gasteiger partial charge >= 0.3 is 0 Å². The molecule has 0 atom stereocenters. The summed E-state index contributed by atoms with van der Waals surface area (Å²) in [5, 5.41) is 12.3. The SMILES string of the molecule is COc1cc(CNC2=NCCCN2C)ccc1C#N. The van der Waals surface area contributed by atoms with E-state index in [-0.39, 0.29) is 0 Å². The molecule has 0 bridgehead atoms. The molecule has 0 radical (unpaired) electrons. The van der Waals surface area contributed by atoms with Gasteiger partial charge in [0.25, 0.3) is 0 Å². The molecule has 0 aliphatic carbocycles. The summed E-state index contributed by atoms with van der Waals surface area (Å²) in [5.41, 5.74) is 1.62. The van der Waals surface area contributed by atoms with E-state index in [9.17, 15) is 0 Å². The van der Waals surface area contributed by atoms with Crippen LogP contribution in [0.15, 0.2) is 23.2 Å². The van der Waals surface area contributed by atoms with Crippen molar-refractivity contribution in [2.24, 2.45) is 4.99 Å². The molecule has 19 heavy (non-hydrogen) atoms. The third kappa shape index (κ3) is 3.16. The zero-order valence-electron chi connectivity index (χ0n) is 11.3. The van der Waals surface area contributed by atoms with Crippen molar-refractivity contribution in [1.29, 1.82) is 5.26 Å². The minimum Gasteiger partial charge on any atom is -0.495 e. The van der Waals surface area contributed by atoms with Crippen molar-refractivity contribution in [3.8, 4) is 11.8 Å². The van der Waals surface area contributed by atoms with Gasteiger partial charge in [0.1, 0.15) is 11.8 Å². The van der Waals surface area contributed by atoms with Gasteiger partial charge in [0, 0.05) is 26.7 Å². The van der Waals surface area contributed by atoms with Gasteiger partial charge in [-0.25, -0.2) is 0 Å². The van der Waals surface area contributed by atoms with E-state index in [1.807, 2.05) is 19.2 Å². The largest absolute Gasteiger partial charge is 0.495 e. The maximum Gasteiger partial charge on any atom is 0.193 e. The van der Waals surface area contributed by atoms with Gasteiger partial charge in [0.2, 0.25) is 0 Å². The Balaban J connectivity index is 2.04. The Kier molecular flexibility index (Phi) is 4.24. The molecular formula is C14H18N4O. The number of aliphatic imine (C=N–C) groups is 1. The topological polar surface area (TPSA) is 60.6 Å². The van der Waals surface area contributed by atoms with Crippen molar-refractivity contribution >= 4 is 5.96 Å². The number of hydrogen-bond acceptors (Lipinski definition) is 5. The molecule has 5 nitrogen and oxygen atoms in total. The molecule has 0 aromatic heterocycles. The number of nitriles is 1. The first kappa shape index (κ1) is 13.2. The van der Waals surface area contributed by atoms with Crippen molar-refractivity contribution < 1.29 is 4.74 Å². The molecule has 1 N–H and O–H groups in total. The third-order valence-electron chi connectivity index (χ3n) is 3.11. The number of guanidine groups is 1. The van der Waals surface area contributed by atoms with E-state index >= 15 is 0 Å². The first-order valence-electron chi connectivity index (χ1n) is 6.31. The van der Waals surface area contributed by atoms with Crippen molar-refractivity contribution in [2.75, 3.05) is 27.2 Å². The molecular weight excluding hydrogens is 240 g/mol. The van der Waals surface area contributed by atoms with Gasteiger partial charge in [-0.15, -0.1) is 0 Å². The molecule has 0 spiro atoms. The Labute approximate surface area is 113 Å². The Morgan fingerprint density at radius 2 is 2.37 bits per heavy atom. The summed E-state index contributed by atoms with van der Waals surface area (Å²) in [6, 6.07) is 7.70. The molecule has 0 fully saturated rings. The fourth-order valence-corrected chi connectivity index (χ4v) is 2.03. The number of hydrogen-bond donors (Lipinski definition) is 1. The molecule has 1 aromatic carbocycles. The Morgan fingerprint density at radius 3 is 3.05 bits per heavy atom. The van der Waals surface area contributed by atoms with Crippen LogP contribution in [0.25, 0.3) is 0 Å². The van der Waals surface area contributed by atoms with E-state index < -0.39 is 0 Å². The predicted octanol–water partition coefficient (Wildman–Crippen LogP) is 1.35. The summed E-state index contributed by atoms with van der Waals surface area (Å²) in [6.45, 7) is 2.58. The molecule has 1 aromatic rings. The highest BCUT2D eigenvalue weighted by Crippen LogP contribution is 2.19. The summed E-state index contributed by atoms with van der Waals surface area (Å²) in [5.74, 6) is 1.54. The summed E-state index contributed by atoms with van der Waals surface area (Å²) in [6.07, 6.45) is 1.10. The van der Waals surface area contributed by atoms with Crippen LogP contribution in [0.1, 0.15) is 17.5 Å². The van der Waals surface area contributed by atoms with Gasteiger partial charge in [0.05, 0.1) is 12.7 Å². The minimum atomic E-state index is 0.554. The van der Waals surface area contributed by atoms with Crippen molar-refractivity contribution in [1.82, 2.24) is 10.2 Å². The molecule has 5 heteroatoms. The second kappa shape index (κ2) is 6.10. The van der Waals surface area contributed by atoms with Gasteiger partial charge < -0.3 is 15.0 Å². The molecule has 2 rings (SSSR count). The van der Waals surface area contributed by atoms with Crippen LogP contribution in [0.3, 0.4) is 0 Å². The quantitative estimate of drug-likeness (QED) is 0.889. The van der Waals surface area contributed by atoms with Gasteiger partial charge in [-0.3, -0.25) is 4.99 Å². The van der Waals surface area contributed by atoms with Crippen LogP contribution in [0.2, 0.25) is 0 Å². The average Bonchev–Trinajstić information content (AvgIpc) is 2.46. The lowest BCUT2D eigenvalue weighted by molar-refractivity contribution is 0.412. The summed E-state index contributed by atoms with van der Waals surface area (Å²) < 4.78 is 5.20. The van der Waals surface area contributed by atoms with Crippen molar-refractivity contribution in [2.45, 2.75) is 13.0 Å². The number of nitrogens with one attached hydrogen (secondary N) is 1. The van der Waals surface area contributed by atoms with E-state index in [0.717, 1.165) is 31.0 Å². The van der Waals surface area contributed by atoms with Crippen LogP contribution in [0.4, 0.5) is 0 Å². The summed E-state index contributed by atoms with van der Waals surface area (Å²) in [4.78, 5) is 6.57. The zero-order valence-corrected chi connectivity index (χ0v) is 11.3. The highest BCUT2D eigenvalue weighted by Gasteiger charge is 2.10. The molecule has 1 aliphatic heterocycles. The van der Waals surface area contributed by atoms with Crippen molar-refractivity contribution in [3.63, 3.8) is 0 Å². The van der Waals surface area contributed by atoms with Crippen LogP contribution in [-0.4, -0.2) is 38.1 Å². The lowest BCUT2D eigenvalue weighted by atomic mass is 10.1. The fourth-order valence-electron chi connectivity index (χ4n) is 2.03. The molecule has 100 valence electrons. The zero-order chi connectivity index (χ0) is 13.7. The predicted molar refractivity (Wildman–Crippen MR) is 74.1 cm³/mol. The Bertz CT molecular complexity index is 519. The lowest BCUT2D eigenvalue weighted by Crippen LogP contribution is -2.41. The molecule has 0 amide bonds. The fraction of sp³-hybridized carbons (Fsp3) is 0.429. The van der Waals surface area contributed by atoms with Gasteiger partial charge in [-0.2, -0.15) is 5.26 Å². The average molecular weight is 258 g/mol. The maximum absolute atomic E-state index is 8.94. The number of nitrogens with zero attached hydrogens (tertiary/aromatic N) is 3. The first-order valence-corrected chi connectivity index (χ1v) is 6.31. The smallest absolute Gasteiger partial charge is 0.193 e. The van der Waals surface area contributed by atoms with Crippen LogP contribution < -0.4 is 10.1 Å². The number of methoxy groups -OCH3 is 1. The molecule has 0 unspecified atom stereocenters. The summed E-state index contributed by atoms with van der Waals surface area (Å²) >= 11 is 0. The molecule has 1 aliphatic rings. The molecule has 0 saturated heterocycles. The highest BCUT2D eigenvalue weighted by molar-refractivity contribution is 5.80. The van der Waals surface area contributed by atoms with E-state index in [0.29, 0.717) is 17.9 Å². The Hall–Kier alpha value is -2.22. The second-order valence-corrected chi connectivity index (χ2v) is 4.48. The van der Waals surface area contributed by atoms with Gasteiger partial charge in [-0.1, -0.05) is 6.07 Å². The molecule has 1 heterocycles. The maximum atomic E-state index is 8.94. The van der Waals surface area contributed by atoms with Crippen LogP contribution in [0, 0.1) is 11.3 Å². The van der Waals surface area contributed by atoms with Crippen LogP contribution >= 0.6 is 0 Å². The normalized spacial score (nSPS) is 14.6. The second-order valence-electron chi connectivity index (χ2n) is 4.48. The number of benzene rings is 1. The van der Waals surface area contributed by atoms with E-state index in [2.05, 4.69) is 21.3 Å². The lowest BCUT2D eigenvalue weighted by Gasteiger charge is -2.25. The Morgan fingerprint density at radius 1 is 1.53 bits per heavy atom. The first-order chi connectivity index (χ1) is 9.24. The van der Waals surface area contributed by atoms with Crippen LogP contribution in [0.5, 0.6) is 5.75 Å². The van der Waals surface area contributed by atoms with Crippen molar-refractivity contribution in [3.05, 3.63) is 29.3 Å². The van der Waals surface area contributed by atoms with Gasteiger partial charge in [0.15, 0.2) is 5.96 Å². The number of rotatable bonds is 3. The van der Waals surface area contributed by atoms with E-state index in [1.165, 1.54) is 0 Å². The van der Waals surface area contributed by atoms with Crippen LogP contribution in [-0.2, 0) is 6.54 Å². The highest BCUT2D eigenvalue weighted by atomic mass is 16.5. The van der Waals surface area contributed by atoms with E-state index in [1.54, 1.807) is 13.2 Å². The standard InChI is InChI=1S/C14H18N4O/c1-18-7-3-6-16-14(18)17-10-11-4-5-12(9-15)13(8-11)19-2/h4-5,8H,3,6-7,10H2,1-2H3,(H,16,17). The molecule has 0 saturated carbocycles. The number of ether oxygens (including phenoxy) is 1. The third-order valence-corrected chi connectivity index (χ3v) is 3.11.